The Morgan fingerprint density at radius 1 is 0.815 bits per heavy atom. The molecule has 6 heterocycles. The first-order valence-electron chi connectivity index (χ1n) is 9.36. The Morgan fingerprint density at radius 3 is 2.41 bits per heavy atom. The van der Waals surface area contributed by atoms with Crippen molar-refractivity contribution in [1.29, 1.82) is 0 Å². The van der Waals surface area contributed by atoms with Crippen LogP contribution >= 0.6 is 0 Å². The number of hydrogen-bond acceptors (Lipinski definition) is 2. The highest BCUT2D eigenvalue weighted by molar-refractivity contribution is 6.26. The van der Waals surface area contributed by atoms with Crippen molar-refractivity contribution in [3.05, 3.63) is 82.0 Å². The van der Waals surface area contributed by atoms with E-state index in [9.17, 15) is 0 Å². The lowest BCUT2D eigenvalue weighted by molar-refractivity contribution is 0.580. The summed E-state index contributed by atoms with van der Waals surface area (Å²) in [5.41, 5.74) is 7.67. The van der Waals surface area contributed by atoms with Crippen LogP contribution in [0.2, 0.25) is 0 Å². The average molecular weight is 350 g/mol. The van der Waals surface area contributed by atoms with Gasteiger partial charge in [0.2, 0.25) is 0 Å². The van der Waals surface area contributed by atoms with E-state index < -0.39 is 0 Å². The molecule has 4 aliphatic rings. The normalized spacial score (nSPS) is 25.7. The van der Waals surface area contributed by atoms with Crippen LogP contribution in [0.1, 0.15) is 24.7 Å². The number of fused-ring (bicyclic) bond motifs is 2. The SMILES string of the molecule is CC/C1=c2\cc/c3n2Cn2c(ccc2/C=C2/C=CC1=N2)/C=C1/C=CC(=N1)/C=3. The Hall–Kier alpha value is -3.40. The molecule has 0 aromatic carbocycles. The Labute approximate surface area is 156 Å². The van der Waals surface area contributed by atoms with Crippen LogP contribution in [0.25, 0.3) is 23.8 Å². The molecule has 4 aliphatic heterocycles. The zero-order valence-electron chi connectivity index (χ0n) is 15.1. The lowest BCUT2D eigenvalue weighted by Gasteiger charge is -2.16. The van der Waals surface area contributed by atoms with E-state index in [1.165, 1.54) is 16.3 Å². The third-order valence-corrected chi connectivity index (χ3v) is 5.55. The first kappa shape index (κ1) is 14.7. The van der Waals surface area contributed by atoms with E-state index in [0.717, 1.165) is 47.3 Å². The molecular weight excluding hydrogens is 332 g/mol. The molecule has 0 radical (unpaired) electrons. The van der Waals surface area contributed by atoms with Crippen LogP contribution in [0, 0.1) is 0 Å². The topological polar surface area (TPSA) is 34.6 Å². The fraction of sp³-hybridized carbons (Fsp3) is 0.130. The monoisotopic (exact) mass is 350 g/mol. The Morgan fingerprint density at radius 2 is 1.59 bits per heavy atom. The van der Waals surface area contributed by atoms with Crippen molar-refractivity contribution in [2.45, 2.75) is 20.0 Å². The molecule has 0 atom stereocenters. The summed E-state index contributed by atoms with van der Waals surface area (Å²) in [5.74, 6) is 0. The minimum atomic E-state index is 0.767. The first-order chi connectivity index (χ1) is 13.3. The van der Waals surface area contributed by atoms with Crippen molar-refractivity contribution in [2.75, 3.05) is 0 Å². The number of nitrogens with zero attached hydrogens (tertiary/aromatic N) is 4. The maximum absolute atomic E-state index is 4.89. The fourth-order valence-electron chi connectivity index (χ4n) is 4.22. The van der Waals surface area contributed by atoms with E-state index in [-0.39, 0.29) is 0 Å². The van der Waals surface area contributed by atoms with E-state index in [2.05, 4.69) is 82.9 Å². The lowest BCUT2D eigenvalue weighted by Crippen LogP contribution is -2.33. The van der Waals surface area contributed by atoms with Gasteiger partial charge in [0.25, 0.3) is 0 Å². The summed E-state index contributed by atoms with van der Waals surface area (Å²) in [6, 6.07) is 8.75. The largest absolute Gasteiger partial charge is 0.323 e. The van der Waals surface area contributed by atoms with E-state index in [1.807, 2.05) is 0 Å². The van der Waals surface area contributed by atoms with Gasteiger partial charge in [0.1, 0.15) is 0 Å². The lowest BCUT2D eigenvalue weighted by atomic mass is 10.1. The molecule has 0 amide bonds. The van der Waals surface area contributed by atoms with Gasteiger partial charge < -0.3 is 9.13 Å². The molecule has 0 unspecified atom stereocenters. The fourth-order valence-corrected chi connectivity index (χ4v) is 4.22. The van der Waals surface area contributed by atoms with Crippen LogP contribution in [0.5, 0.6) is 0 Å². The molecular formula is C23H18N4. The molecule has 0 spiro atoms. The van der Waals surface area contributed by atoms with E-state index in [0.29, 0.717) is 0 Å². The predicted molar refractivity (Wildman–Crippen MR) is 111 cm³/mol. The third-order valence-electron chi connectivity index (χ3n) is 5.55. The number of hydrogen-bond donors (Lipinski definition) is 0. The summed E-state index contributed by atoms with van der Waals surface area (Å²) in [6.07, 6.45) is 15.8. The van der Waals surface area contributed by atoms with Gasteiger partial charge in [-0.1, -0.05) is 6.92 Å². The van der Waals surface area contributed by atoms with E-state index in [1.54, 1.807) is 0 Å². The standard InChI is InChI=1S/C23H18N4/c1-2-21-22-9-5-17(25-22)13-19-7-6-18-11-15-3-4-16(24-15)12-20-8-10-23(21)27(20)14-26(18)19/h3-13H,2,14H2,1H3/b15-11-,16-12?,17-13-,18-11?,19-13?,20-12+,22-21?,23-21-. The second-order valence-electron chi connectivity index (χ2n) is 7.14. The maximum atomic E-state index is 4.89. The highest BCUT2D eigenvalue weighted by Crippen LogP contribution is 2.24. The minimum Gasteiger partial charge on any atom is -0.323 e. The molecule has 130 valence electrons. The van der Waals surface area contributed by atoms with Gasteiger partial charge in [-0.25, -0.2) is 9.98 Å². The molecule has 0 saturated carbocycles. The second kappa shape index (κ2) is 5.30. The highest BCUT2D eigenvalue weighted by Gasteiger charge is 2.17. The summed E-state index contributed by atoms with van der Waals surface area (Å²) in [5, 5.41) is 2.40. The Bertz CT molecular complexity index is 1300. The van der Waals surface area contributed by atoms with Gasteiger partial charge in [0.15, 0.2) is 0 Å². The van der Waals surface area contributed by atoms with Crippen LogP contribution in [0.4, 0.5) is 0 Å². The molecule has 4 nitrogen and oxygen atoms in total. The van der Waals surface area contributed by atoms with Gasteiger partial charge in [-0.05, 0) is 73.2 Å². The molecule has 0 N–H and O–H groups in total. The van der Waals surface area contributed by atoms with Gasteiger partial charge in [-0.15, -0.1) is 0 Å². The van der Waals surface area contributed by atoms with Crippen LogP contribution < -0.4 is 10.7 Å². The molecule has 2 aromatic rings. The number of aromatic nitrogens is 2. The summed E-state index contributed by atoms with van der Waals surface area (Å²) in [6.45, 7) is 2.97. The van der Waals surface area contributed by atoms with Crippen LogP contribution in [0.3, 0.4) is 0 Å². The van der Waals surface area contributed by atoms with Crippen molar-refractivity contribution >= 4 is 35.2 Å². The van der Waals surface area contributed by atoms with Gasteiger partial charge in [-0.3, -0.25) is 0 Å². The van der Waals surface area contributed by atoms with E-state index >= 15 is 0 Å². The highest BCUT2D eigenvalue weighted by atomic mass is 15.2. The summed E-state index contributed by atoms with van der Waals surface area (Å²) >= 11 is 0. The molecule has 27 heavy (non-hydrogen) atoms. The van der Waals surface area contributed by atoms with Gasteiger partial charge in [-0.2, -0.15) is 0 Å². The van der Waals surface area contributed by atoms with Crippen molar-refractivity contribution < 1.29 is 0 Å². The average Bonchev–Trinajstić information content (AvgIpc) is 3.44. The smallest absolute Gasteiger partial charge is 0.1000 e. The predicted octanol–water partition coefficient (Wildman–Crippen LogP) is 2.87. The molecule has 4 heteroatoms. The minimum absolute atomic E-state index is 0.767. The quantitative estimate of drug-likeness (QED) is 0.758. The molecule has 6 rings (SSSR count). The van der Waals surface area contributed by atoms with Crippen LogP contribution in [0.15, 0.2) is 69.9 Å². The molecule has 0 aliphatic carbocycles. The third kappa shape index (κ3) is 2.16. The van der Waals surface area contributed by atoms with Gasteiger partial charge in [0, 0.05) is 27.7 Å². The van der Waals surface area contributed by atoms with Crippen LogP contribution in [-0.2, 0) is 6.67 Å². The number of aliphatic imine (C=N–C) groups is 2. The summed E-state index contributed by atoms with van der Waals surface area (Å²) < 4.78 is 4.72. The first-order valence-corrected chi connectivity index (χ1v) is 9.36. The van der Waals surface area contributed by atoms with Crippen molar-refractivity contribution in [1.82, 2.24) is 9.13 Å². The van der Waals surface area contributed by atoms with E-state index in [4.69, 9.17) is 9.98 Å². The Kier molecular flexibility index (Phi) is 2.89. The number of allylic oxidation sites excluding steroid dienone is 4. The second-order valence-corrected chi connectivity index (χ2v) is 7.14. The Balaban J connectivity index is 1.81. The molecule has 6 bridgehead atoms. The van der Waals surface area contributed by atoms with Crippen LogP contribution in [-0.4, -0.2) is 20.6 Å². The zero-order valence-corrected chi connectivity index (χ0v) is 15.1. The van der Waals surface area contributed by atoms with Crippen molar-refractivity contribution in [3.63, 3.8) is 0 Å². The van der Waals surface area contributed by atoms with Gasteiger partial charge in [0.05, 0.1) is 29.5 Å². The van der Waals surface area contributed by atoms with Gasteiger partial charge >= 0.3 is 0 Å². The molecule has 2 aromatic heterocycles. The zero-order chi connectivity index (χ0) is 18.0. The molecule has 0 saturated heterocycles. The maximum Gasteiger partial charge on any atom is 0.1000 e. The summed E-state index contributed by atoms with van der Waals surface area (Å²) in [7, 11) is 0. The molecule has 0 fully saturated rings. The van der Waals surface area contributed by atoms with Crippen molar-refractivity contribution in [2.24, 2.45) is 9.98 Å². The number of rotatable bonds is 1. The van der Waals surface area contributed by atoms with Crippen molar-refractivity contribution in [3.8, 4) is 0 Å². The summed E-state index contributed by atoms with van der Waals surface area (Å²) in [4.78, 5) is 9.65.